The minimum absolute atomic E-state index is 0.0288. The average Bonchev–Trinajstić information content (AvgIpc) is 3.02. The maximum absolute atomic E-state index is 12.3. The number of nitrogens with one attached hydrogen (secondary N) is 1. The van der Waals surface area contributed by atoms with Crippen LogP contribution in [-0.2, 0) is 24.9 Å². The molecule has 2 fully saturated rings. The van der Waals surface area contributed by atoms with Crippen molar-refractivity contribution in [3.63, 3.8) is 0 Å². The van der Waals surface area contributed by atoms with E-state index in [4.69, 9.17) is 9.47 Å². The van der Waals surface area contributed by atoms with Crippen LogP contribution in [0.5, 0.6) is 0 Å². The van der Waals surface area contributed by atoms with Gasteiger partial charge in [0.1, 0.15) is 5.82 Å². The lowest BCUT2D eigenvalue weighted by atomic mass is 9.67. The monoisotopic (exact) mass is 454 g/mol. The Morgan fingerprint density at radius 2 is 1.97 bits per heavy atom. The number of amides is 1. The first kappa shape index (κ1) is 23.9. The van der Waals surface area contributed by atoms with Crippen LogP contribution < -0.4 is 4.72 Å². The molecule has 1 aliphatic heterocycles. The summed E-state index contributed by atoms with van der Waals surface area (Å²) >= 11 is 0. The van der Waals surface area contributed by atoms with Crippen molar-refractivity contribution < 1.29 is 22.7 Å². The van der Waals surface area contributed by atoms with Gasteiger partial charge in [0.15, 0.2) is 0 Å². The van der Waals surface area contributed by atoms with Crippen LogP contribution in [0.15, 0.2) is 18.5 Å². The van der Waals surface area contributed by atoms with Gasteiger partial charge >= 0.3 is 6.09 Å². The molecule has 1 aliphatic carbocycles. The number of hydrogen-bond acceptors (Lipinski definition) is 7. The molecule has 0 unspecified atom stereocenters. The third-order valence-electron chi connectivity index (χ3n) is 6.91. The summed E-state index contributed by atoms with van der Waals surface area (Å²) in [5.41, 5.74) is -0.110. The maximum Gasteiger partial charge on any atom is 0.410 e. The molecule has 1 amide bonds. The number of carbonyl (C=O) groups excluding carboxylic acids is 1. The average molecular weight is 455 g/mol. The number of rotatable bonds is 6. The van der Waals surface area contributed by atoms with Crippen molar-refractivity contribution in [2.45, 2.75) is 76.1 Å². The Morgan fingerprint density at radius 3 is 2.55 bits per heavy atom. The van der Waals surface area contributed by atoms with Crippen molar-refractivity contribution >= 4 is 16.1 Å². The van der Waals surface area contributed by atoms with Gasteiger partial charge < -0.3 is 9.47 Å². The molecule has 1 aromatic rings. The zero-order valence-electron chi connectivity index (χ0n) is 18.9. The summed E-state index contributed by atoms with van der Waals surface area (Å²) in [6.07, 6.45) is 7.36. The standard InChI is InChI=1S/C21H34N4O5S/c1-14-11-16(7-8-21(14,3)19-22-9-6-10-23-19)30-13-18-17(24-31(5,27)28)12-15(2)25(18)20(26)29-4/h6,9-10,14-18,24H,7-8,11-13H2,1-5H3/t14-,15-,16-,17+,18+,21-/m1/s1. The van der Waals surface area contributed by atoms with Gasteiger partial charge in [-0.05, 0) is 44.6 Å². The molecule has 9 nitrogen and oxygen atoms in total. The molecule has 2 heterocycles. The number of hydrogen-bond donors (Lipinski definition) is 1. The predicted octanol–water partition coefficient (Wildman–Crippen LogP) is 2.09. The largest absolute Gasteiger partial charge is 0.453 e. The van der Waals surface area contributed by atoms with Gasteiger partial charge in [-0.3, -0.25) is 4.90 Å². The zero-order valence-corrected chi connectivity index (χ0v) is 19.8. The fraction of sp³-hybridized carbons (Fsp3) is 0.762. The van der Waals surface area contributed by atoms with Crippen molar-refractivity contribution in [3.8, 4) is 0 Å². The van der Waals surface area contributed by atoms with Gasteiger partial charge in [-0.15, -0.1) is 0 Å². The van der Waals surface area contributed by atoms with Crippen LogP contribution in [0.1, 0.15) is 52.3 Å². The normalized spacial score (nSPS) is 34.0. The first-order valence-electron chi connectivity index (χ1n) is 10.8. The Balaban J connectivity index is 1.67. The number of nitrogens with zero attached hydrogens (tertiary/aromatic N) is 3. The minimum Gasteiger partial charge on any atom is -0.453 e. The zero-order chi connectivity index (χ0) is 22.8. The molecule has 3 rings (SSSR count). The molecule has 0 spiro atoms. The van der Waals surface area contributed by atoms with E-state index in [1.165, 1.54) is 7.11 Å². The maximum atomic E-state index is 12.3. The second-order valence-electron chi connectivity index (χ2n) is 9.15. The third kappa shape index (κ3) is 5.35. The van der Waals surface area contributed by atoms with Gasteiger partial charge in [-0.1, -0.05) is 13.8 Å². The van der Waals surface area contributed by atoms with Crippen LogP contribution >= 0.6 is 0 Å². The van der Waals surface area contributed by atoms with E-state index in [2.05, 4.69) is 28.5 Å². The van der Waals surface area contributed by atoms with Crippen LogP contribution in [0.3, 0.4) is 0 Å². The van der Waals surface area contributed by atoms with Gasteiger partial charge in [0.05, 0.1) is 32.1 Å². The molecule has 10 heteroatoms. The second kappa shape index (κ2) is 9.38. The first-order valence-corrected chi connectivity index (χ1v) is 12.7. The van der Waals surface area contributed by atoms with E-state index in [-0.39, 0.29) is 24.2 Å². The summed E-state index contributed by atoms with van der Waals surface area (Å²) in [5.74, 6) is 1.18. The minimum atomic E-state index is -3.42. The molecule has 1 aromatic heterocycles. The predicted molar refractivity (Wildman–Crippen MR) is 116 cm³/mol. The highest BCUT2D eigenvalue weighted by Crippen LogP contribution is 2.42. The second-order valence-corrected chi connectivity index (χ2v) is 10.9. The molecule has 0 aromatic carbocycles. The van der Waals surface area contributed by atoms with Gasteiger partial charge in [0.2, 0.25) is 10.0 Å². The molecule has 174 valence electrons. The lowest BCUT2D eigenvalue weighted by Crippen LogP contribution is -2.50. The van der Waals surface area contributed by atoms with E-state index in [9.17, 15) is 13.2 Å². The Kier molecular flexibility index (Phi) is 7.22. The van der Waals surface area contributed by atoms with Crippen molar-refractivity contribution in [1.29, 1.82) is 0 Å². The third-order valence-corrected chi connectivity index (χ3v) is 7.64. The Hall–Kier alpha value is -1.78. The number of methoxy groups -OCH3 is 1. The summed E-state index contributed by atoms with van der Waals surface area (Å²) in [6, 6.07) is 0.846. The fourth-order valence-electron chi connectivity index (χ4n) is 4.97. The molecule has 1 saturated heterocycles. The van der Waals surface area contributed by atoms with Crippen LogP contribution in [0.2, 0.25) is 0 Å². The molecule has 31 heavy (non-hydrogen) atoms. The van der Waals surface area contributed by atoms with Crippen molar-refractivity contribution in [3.05, 3.63) is 24.3 Å². The molecule has 1 N–H and O–H groups in total. The molecule has 1 saturated carbocycles. The van der Waals surface area contributed by atoms with Crippen LogP contribution in [0.25, 0.3) is 0 Å². The SMILES string of the molecule is COC(=O)N1[C@H](C)C[C@H](NS(C)(=O)=O)[C@@H]1CO[C@@H]1CC[C@@](C)(c2ncccn2)[C@H](C)C1. The quantitative estimate of drug-likeness (QED) is 0.701. The van der Waals surface area contributed by atoms with Crippen molar-refractivity contribution in [2.24, 2.45) is 5.92 Å². The summed E-state index contributed by atoms with van der Waals surface area (Å²) in [5, 5.41) is 0. The summed E-state index contributed by atoms with van der Waals surface area (Å²) in [4.78, 5) is 22.9. The Morgan fingerprint density at radius 1 is 1.29 bits per heavy atom. The van der Waals surface area contributed by atoms with Crippen molar-refractivity contribution in [1.82, 2.24) is 19.6 Å². The lowest BCUT2D eigenvalue weighted by molar-refractivity contribution is -0.0304. The smallest absolute Gasteiger partial charge is 0.410 e. The Labute approximate surface area is 185 Å². The highest BCUT2D eigenvalue weighted by atomic mass is 32.2. The fourth-order valence-corrected chi connectivity index (χ4v) is 5.77. The molecular weight excluding hydrogens is 420 g/mol. The highest BCUT2D eigenvalue weighted by Gasteiger charge is 2.45. The topological polar surface area (TPSA) is 111 Å². The molecule has 6 atom stereocenters. The van der Waals surface area contributed by atoms with E-state index >= 15 is 0 Å². The highest BCUT2D eigenvalue weighted by molar-refractivity contribution is 7.88. The number of likely N-dealkylation sites (tertiary alicyclic amines) is 1. The van der Waals surface area contributed by atoms with Gasteiger partial charge in [-0.25, -0.2) is 27.9 Å². The van der Waals surface area contributed by atoms with Gasteiger partial charge in [-0.2, -0.15) is 0 Å². The van der Waals surface area contributed by atoms with Crippen LogP contribution in [-0.4, -0.2) is 73.6 Å². The lowest BCUT2D eigenvalue weighted by Gasteiger charge is -2.42. The summed E-state index contributed by atoms with van der Waals surface area (Å²) in [7, 11) is -2.08. The number of carbonyl (C=O) groups is 1. The van der Waals surface area contributed by atoms with Gasteiger partial charge in [0, 0.05) is 29.9 Å². The summed E-state index contributed by atoms with van der Waals surface area (Å²) in [6.45, 7) is 6.54. The van der Waals surface area contributed by atoms with Crippen LogP contribution in [0.4, 0.5) is 4.79 Å². The van der Waals surface area contributed by atoms with E-state index < -0.39 is 28.2 Å². The number of sulfonamides is 1. The summed E-state index contributed by atoms with van der Waals surface area (Å²) < 4.78 is 37.5. The van der Waals surface area contributed by atoms with Gasteiger partial charge in [0.25, 0.3) is 0 Å². The molecule has 2 aliphatic rings. The number of aromatic nitrogens is 2. The molecule has 0 radical (unpaired) electrons. The van der Waals surface area contributed by atoms with E-state index in [1.807, 2.05) is 13.0 Å². The van der Waals surface area contributed by atoms with E-state index in [0.29, 0.717) is 12.3 Å². The van der Waals surface area contributed by atoms with Crippen molar-refractivity contribution in [2.75, 3.05) is 20.0 Å². The van der Waals surface area contributed by atoms with Crippen LogP contribution in [0, 0.1) is 5.92 Å². The number of ether oxygens (including phenoxy) is 2. The molecule has 0 bridgehead atoms. The Bertz CT molecular complexity index is 868. The molecular formula is C21H34N4O5S. The van der Waals surface area contributed by atoms with E-state index in [0.717, 1.165) is 31.3 Å². The van der Waals surface area contributed by atoms with E-state index in [1.54, 1.807) is 17.3 Å². The first-order chi connectivity index (χ1) is 14.5.